The number of aromatic nitrogens is 4. The van der Waals surface area contributed by atoms with Gasteiger partial charge in [0.25, 0.3) is 0 Å². The molecule has 0 fully saturated rings. The number of rotatable bonds is 7. The number of para-hydroxylation sites is 1. The highest BCUT2D eigenvalue weighted by Gasteiger charge is 2.21. The van der Waals surface area contributed by atoms with E-state index in [4.69, 9.17) is 15.5 Å². The summed E-state index contributed by atoms with van der Waals surface area (Å²) in [5.41, 5.74) is 8.98. The van der Waals surface area contributed by atoms with Gasteiger partial charge in [0.1, 0.15) is 17.4 Å². The fourth-order valence-electron chi connectivity index (χ4n) is 3.66. The van der Waals surface area contributed by atoms with E-state index in [-0.39, 0.29) is 5.82 Å². The van der Waals surface area contributed by atoms with Crippen LogP contribution in [0.1, 0.15) is 4.88 Å². The number of thiophene rings is 1. The first-order valence-corrected chi connectivity index (χ1v) is 11.2. The molecule has 3 aromatic heterocycles. The molecule has 33 heavy (non-hydrogen) atoms. The Morgan fingerprint density at radius 1 is 1.06 bits per heavy atom. The summed E-state index contributed by atoms with van der Waals surface area (Å²) in [5.74, 6) is 1.14. The summed E-state index contributed by atoms with van der Waals surface area (Å²) in [6.07, 6.45) is 0.856. The molecule has 0 spiro atoms. The molecule has 0 bridgehead atoms. The number of hydrogen-bond acceptors (Lipinski definition) is 7. The van der Waals surface area contributed by atoms with Crippen LogP contribution in [0, 0.1) is 5.82 Å². The van der Waals surface area contributed by atoms with Gasteiger partial charge in [0.15, 0.2) is 5.65 Å². The van der Waals surface area contributed by atoms with Crippen molar-refractivity contribution in [2.75, 3.05) is 24.7 Å². The number of ether oxygens (including phenoxy) is 1. The molecule has 7 nitrogen and oxygen atoms in total. The van der Waals surface area contributed by atoms with E-state index in [1.54, 1.807) is 35.3 Å². The fourth-order valence-corrected chi connectivity index (χ4v) is 4.37. The van der Waals surface area contributed by atoms with E-state index in [1.165, 1.54) is 17.0 Å². The van der Waals surface area contributed by atoms with Gasteiger partial charge >= 0.3 is 0 Å². The maximum Gasteiger partial charge on any atom is 0.225 e. The van der Waals surface area contributed by atoms with Crippen LogP contribution in [-0.2, 0) is 6.42 Å². The molecule has 0 aliphatic heterocycles. The summed E-state index contributed by atoms with van der Waals surface area (Å²) < 4.78 is 20.6. The summed E-state index contributed by atoms with van der Waals surface area (Å²) in [6, 6.07) is 17.7. The third-order valence-electron chi connectivity index (χ3n) is 5.24. The number of anilines is 2. The number of methoxy groups -OCH3 is 1. The van der Waals surface area contributed by atoms with E-state index in [0.717, 1.165) is 12.0 Å². The summed E-state index contributed by atoms with van der Waals surface area (Å²) in [6.45, 7) is 0.672. The lowest BCUT2D eigenvalue weighted by Gasteiger charge is -2.11. The predicted molar refractivity (Wildman–Crippen MR) is 130 cm³/mol. The lowest BCUT2D eigenvalue weighted by Crippen LogP contribution is -2.08. The molecule has 0 aliphatic rings. The first-order valence-electron chi connectivity index (χ1n) is 10.4. The quantitative estimate of drug-likeness (QED) is 0.358. The second-order valence-corrected chi connectivity index (χ2v) is 8.36. The number of nitrogens with two attached hydrogens (primary N) is 1. The molecular weight excluding hydrogens is 439 g/mol. The molecule has 0 atom stereocenters. The average Bonchev–Trinajstić information content (AvgIpc) is 3.47. The molecule has 3 heterocycles. The predicted octanol–water partition coefficient (Wildman–Crippen LogP) is 4.93. The second kappa shape index (κ2) is 8.87. The van der Waals surface area contributed by atoms with Gasteiger partial charge < -0.3 is 15.8 Å². The number of halogens is 1. The third kappa shape index (κ3) is 4.10. The highest BCUT2D eigenvalue weighted by atomic mass is 32.1. The monoisotopic (exact) mass is 460 g/mol. The lowest BCUT2D eigenvalue weighted by molar-refractivity contribution is 0.416. The molecule has 2 aromatic carbocycles. The Hall–Kier alpha value is -3.98. The Kier molecular flexibility index (Phi) is 5.62. The van der Waals surface area contributed by atoms with Crippen LogP contribution in [0.2, 0.25) is 0 Å². The number of nitrogens with zero attached hydrogens (tertiary/aromatic N) is 4. The molecule has 166 valence electrons. The van der Waals surface area contributed by atoms with Crippen molar-refractivity contribution in [2.24, 2.45) is 0 Å². The van der Waals surface area contributed by atoms with Crippen LogP contribution in [0.3, 0.4) is 0 Å². The van der Waals surface area contributed by atoms with Crippen LogP contribution in [0.4, 0.5) is 16.2 Å². The molecular formula is C24H21FN6OS. The smallest absolute Gasteiger partial charge is 0.225 e. The van der Waals surface area contributed by atoms with Gasteiger partial charge in [-0.25, -0.2) is 14.1 Å². The first-order chi connectivity index (χ1) is 16.1. The average molecular weight is 461 g/mol. The highest BCUT2D eigenvalue weighted by molar-refractivity contribution is 7.09. The van der Waals surface area contributed by atoms with Crippen LogP contribution in [0.25, 0.3) is 28.0 Å². The van der Waals surface area contributed by atoms with Crippen LogP contribution in [-0.4, -0.2) is 33.4 Å². The van der Waals surface area contributed by atoms with Crippen molar-refractivity contribution in [1.82, 2.24) is 19.7 Å². The minimum atomic E-state index is -0.333. The third-order valence-corrected chi connectivity index (χ3v) is 6.17. The summed E-state index contributed by atoms with van der Waals surface area (Å²) in [7, 11) is 1.61. The summed E-state index contributed by atoms with van der Waals surface area (Å²) in [4.78, 5) is 10.7. The molecule has 0 aliphatic carbocycles. The Labute approximate surface area is 193 Å². The van der Waals surface area contributed by atoms with E-state index in [1.807, 2.05) is 30.3 Å². The SMILES string of the molecule is COc1ccccc1-c1nc(NCCc2cccs2)nc2nn(-c3ccc(F)cc3)c(N)c12. The van der Waals surface area contributed by atoms with Gasteiger partial charge in [-0.2, -0.15) is 4.98 Å². The van der Waals surface area contributed by atoms with Gasteiger partial charge in [0.05, 0.1) is 23.9 Å². The molecule has 0 amide bonds. The Bertz CT molecular complexity index is 1400. The molecule has 0 saturated heterocycles. The Balaban J connectivity index is 1.63. The van der Waals surface area contributed by atoms with Gasteiger partial charge in [-0.05, 0) is 54.3 Å². The minimum absolute atomic E-state index is 0.333. The number of benzene rings is 2. The number of nitrogens with one attached hydrogen (secondary N) is 1. The lowest BCUT2D eigenvalue weighted by atomic mass is 10.1. The van der Waals surface area contributed by atoms with Gasteiger partial charge in [0.2, 0.25) is 5.95 Å². The van der Waals surface area contributed by atoms with Crippen molar-refractivity contribution >= 4 is 34.1 Å². The maximum atomic E-state index is 13.4. The summed E-state index contributed by atoms with van der Waals surface area (Å²) in [5, 5.41) is 10.6. The van der Waals surface area contributed by atoms with Crippen LogP contribution in [0.5, 0.6) is 5.75 Å². The van der Waals surface area contributed by atoms with Crippen LogP contribution < -0.4 is 15.8 Å². The number of hydrogen-bond donors (Lipinski definition) is 2. The van der Waals surface area contributed by atoms with Crippen LogP contribution >= 0.6 is 11.3 Å². The molecule has 0 radical (unpaired) electrons. The number of fused-ring (bicyclic) bond motifs is 1. The number of nitrogen functional groups attached to an aromatic ring is 1. The minimum Gasteiger partial charge on any atom is -0.496 e. The zero-order chi connectivity index (χ0) is 22.8. The van der Waals surface area contributed by atoms with Gasteiger partial charge in [0, 0.05) is 17.0 Å². The largest absolute Gasteiger partial charge is 0.496 e. The standard InChI is InChI=1S/C24H21FN6OS/c1-32-19-7-3-2-6-18(19)21-20-22(26)31(16-10-8-15(25)9-11-16)30-23(20)29-24(28-21)27-13-12-17-5-4-14-33-17/h2-11,14H,12-13,26H2,1H3,(H,27,29,30). The summed E-state index contributed by atoms with van der Waals surface area (Å²) >= 11 is 1.71. The van der Waals surface area contributed by atoms with E-state index in [2.05, 4.69) is 26.8 Å². The van der Waals surface area contributed by atoms with Gasteiger partial charge in [-0.1, -0.05) is 18.2 Å². The molecule has 9 heteroatoms. The van der Waals surface area contributed by atoms with Crippen LogP contribution in [0.15, 0.2) is 66.0 Å². The topological polar surface area (TPSA) is 90.9 Å². The normalized spacial score (nSPS) is 11.1. The van der Waals surface area contributed by atoms with Crippen molar-refractivity contribution in [1.29, 1.82) is 0 Å². The van der Waals surface area contributed by atoms with Crippen molar-refractivity contribution in [3.8, 4) is 22.7 Å². The van der Waals surface area contributed by atoms with E-state index in [0.29, 0.717) is 46.5 Å². The van der Waals surface area contributed by atoms with Crippen molar-refractivity contribution in [3.05, 3.63) is 76.7 Å². The highest BCUT2D eigenvalue weighted by Crippen LogP contribution is 2.37. The van der Waals surface area contributed by atoms with Crippen molar-refractivity contribution in [3.63, 3.8) is 0 Å². The molecule has 0 saturated carbocycles. The van der Waals surface area contributed by atoms with E-state index >= 15 is 0 Å². The zero-order valence-corrected chi connectivity index (χ0v) is 18.6. The molecule has 5 rings (SSSR count). The van der Waals surface area contributed by atoms with Crippen molar-refractivity contribution < 1.29 is 9.13 Å². The zero-order valence-electron chi connectivity index (χ0n) is 17.8. The van der Waals surface area contributed by atoms with Gasteiger partial charge in [-0.3, -0.25) is 0 Å². The Morgan fingerprint density at radius 2 is 1.88 bits per heavy atom. The first kappa shape index (κ1) is 20.9. The van der Waals surface area contributed by atoms with E-state index < -0.39 is 0 Å². The van der Waals surface area contributed by atoms with E-state index in [9.17, 15) is 4.39 Å². The van der Waals surface area contributed by atoms with Crippen molar-refractivity contribution in [2.45, 2.75) is 6.42 Å². The molecule has 5 aromatic rings. The Morgan fingerprint density at radius 3 is 2.64 bits per heavy atom. The molecule has 0 unspecified atom stereocenters. The second-order valence-electron chi connectivity index (χ2n) is 7.32. The molecule has 3 N–H and O–H groups in total. The fraction of sp³-hybridized carbons (Fsp3) is 0.125. The van der Waals surface area contributed by atoms with Gasteiger partial charge in [-0.15, -0.1) is 16.4 Å². The maximum absolute atomic E-state index is 13.4.